The van der Waals surface area contributed by atoms with Gasteiger partial charge in [0.05, 0.1) is 0 Å². The van der Waals surface area contributed by atoms with Gasteiger partial charge in [0, 0.05) is 0 Å². The minimum Gasteiger partial charge on any atom is -0.147 e. The Hall–Kier alpha value is 0.720. The fourth-order valence-electron chi connectivity index (χ4n) is 6.86. The van der Waals surface area contributed by atoms with E-state index >= 15 is 0 Å². The minimum absolute atomic E-state index is 0. The molecule has 0 amide bonds. The zero-order chi connectivity index (χ0) is 31.2. The Kier molecular flexibility index (Phi) is 46.5. The molecule has 268 valence electrons. The van der Waals surface area contributed by atoms with Crippen LogP contribution in [0.3, 0.4) is 0 Å². The van der Waals surface area contributed by atoms with Gasteiger partial charge in [-0.1, -0.05) is 233 Å². The van der Waals surface area contributed by atoms with Gasteiger partial charge in [0.2, 0.25) is 0 Å². The summed E-state index contributed by atoms with van der Waals surface area (Å²) in [5.41, 5.74) is 0. The normalized spacial score (nSPS) is 11.5. The Morgan fingerprint density at radius 3 is 0.500 bits per heavy atom. The second kappa shape index (κ2) is 43.7. The monoisotopic (exact) mass is 659 g/mol. The van der Waals surface area contributed by atoms with Crippen molar-refractivity contribution in [2.45, 2.75) is 252 Å². The topological polar surface area (TPSA) is 0 Å². The Labute approximate surface area is 289 Å². The Morgan fingerprint density at radius 1 is 0.205 bits per heavy atom. The van der Waals surface area contributed by atoms with Crippen LogP contribution in [-0.4, -0.2) is 18.5 Å². The van der Waals surface area contributed by atoms with E-state index in [0.717, 1.165) is 0 Å². The third-order valence-electron chi connectivity index (χ3n) is 9.98. The maximum atomic E-state index is 2.32. The molecule has 0 rings (SSSR count). The van der Waals surface area contributed by atoms with E-state index in [1.54, 1.807) is 37.7 Å². The number of rotatable bonds is 39. The molecular weight excluding hydrogens is 571 g/mol. The molecule has 0 atom stereocenters. The van der Waals surface area contributed by atoms with Crippen LogP contribution >= 0.6 is 20.3 Å². The SMILES string of the molecule is CCCCCCCCCCCCCCP(CCCCCCCCCCCCCC)CCCCCCCCCCCCCC.Cl. The first kappa shape index (κ1) is 46.8. The molecule has 0 nitrogen and oxygen atoms in total. The van der Waals surface area contributed by atoms with Gasteiger partial charge >= 0.3 is 0 Å². The molecule has 0 aliphatic heterocycles. The maximum Gasteiger partial charge on any atom is -0.0326 e. The van der Waals surface area contributed by atoms with E-state index < -0.39 is 0 Å². The molecule has 0 saturated carbocycles. The first-order valence-electron chi connectivity index (χ1n) is 21.1. The smallest absolute Gasteiger partial charge is 0.0326 e. The quantitative estimate of drug-likeness (QED) is 0.0455. The van der Waals surface area contributed by atoms with Crippen molar-refractivity contribution in [3.63, 3.8) is 0 Å². The lowest BCUT2D eigenvalue weighted by molar-refractivity contribution is 0.546. The molecule has 2 heteroatoms. The maximum absolute atomic E-state index is 2.32. The molecule has 0 aliphatic rings. The summed E-state index contributed by atoms with van der Waals surface area (Å²) in [4.78, 5) is 0. The molecule has 0 unspecified atom stereocenters. The second-order valence-corrected chi connectivity index (χ2v) is 17.2. The van der Waals surface area contributed by atoms with Crippen LogP contribution in [0.5, 0.6) is 0 Å². The average Bonchev–Trinajstić information content (AvgIpc) is 3.02. The lowest BCUT2D eigenvalue weighted by atomic mass is 10.1. The zero-order valence-corrected chi connectivity index (χ0v) is 33.1. The van der Waals surface area contributed by atoms with Gasteiger partial charge in [-0.25, -0.2) is 0 Å². The van der Waals surface area contributed by atoms with Gasteiger partial charge in [-0.15, -0.1) is 20.3 Å². The Balaban J connectivity index is 0. The lowest BCUT2D eigenvalue weighted by Gasteiger charge is -2.18. The zero-order valence-electron chi connectivity index (χ0n) is 31.4. The highest BCUT2D eigenvalue weighted by Crippen LogP contribution is 2.39. The first-order chi connectivity index (χ1) is 21.3. The van der Waals surface area contributed by atoms with Crippen LogP contribution in [0.15, 0.2) is 0 Å². The molecule has 44 heavy (non-hydrogen) atoms. The van der Waals surface area contributed by atoms with Crippen LogP contribution in [0.25, 0.3) is 0 Å². The van der Waals surface area contributed by atoms with Gasteiger partial charge in [0.1, 0.15) is 0 Å². The summed E-state index contributed by atoms with van der Waals surface area (Å²) in [7, 11) is 0.326. The number of hydrogen-bond acceptors (Lipinski definition) is 0. The molecule has 0 saturated heterocycles. The van der Waals surface area contributed by atoms with Crippen LogP contribution in [0.1, 0.15) is 252 Å². The van der Waals surface area contributed by atoms with Crippen molar-refractivity contribution in [2.24, 2.45) is 0 Å². The first-order valence-corrected chi connectivity index (χ1v) is 23.0. The summed E-state index contributed by atoms with van der Waals surface area (Å²) in [5, 5.41) is 0. The molecule has 0 aliphatic carbocycles. The van der Waals surface area contributed by atoms with Crippen LogP contribution in [-0.2, 0) is 0 Å². The van der Waals surface area contributed by atoms with E-state index in [0.29, 0.717) is 7.92 Å². The van der Waals surface area contributed by atoms with Crippen molar-refractivity contribution in [1.29, 1.82) is 0 Å². The van der Waals surface area contributed by atoms with Gasteiger partial charge in [-0.05, 0) is 37.7 Å². The average molecular weight is 660 g/mol. The van der Waals surface area contributed by atoms with Crippen molar-refractivity contribution in [2.75, 3.05) is 18.5 Å². The highest BCUT2D eigenvalue weighted by molar-refractivity contribution is 7.57. The van der Waals surface area contributed by atoms with E-state index in [2.05, 4.69) is 20.8 Å². The summed E-state index contributed by atoms with van der Waals surface area (Å²) in [5.74, 6) is 0. The largest absolute Gasteiger partial charge is 0.147 e. The number of hydrogen-bond donors (Lipinski definition) is 0. The molecule has 0 fully saturated rings. The van der Waals surface area contributed by atoms with Crippen molar-refractivity contribution in [3.05, 3.63) is 0 Å². The van der Waals surface area contributed by atoms with Crippen LogP contribution in [0.2, 0.25) is 0 Å². The highest BCUT2D eigenvalue weighted by atomic mass is 35.5. The minimum atomic E-state index is 0. The number of halogens is 1. The molecular formula is C42H88ClP. The van der Waals surface area contributed by atoms with E-state index in [1.165, 1.54) is 212 Å². The predicted octanol–water partition coefficient (Wildman–Crippen LogP) is 17.0. The molecule has 0 aromatic carbocycles. The van der Waals surface area contributed by atoms with E-state index in [4.69, 9.17) is 0 Å². The fraction of sp³-hybridized carbons (Fsp3) is 1.00. The number of unbranched alkanes of at least 4 members (excludes halogenated alkanes) is 33. The molecule has 0 heterocycles. The molecule has 0 N–H and O–H groups in total. The van der Waals surface area contributed by atoms with Crippen molar-refractivity contribution in [3.8, 4) is 0 Å². The summed E-state index contributed by atoms with van der Waals surface area (Å²) in [6.45, 7) is 6.96. The van der Waals surface area contributed by atoms with Gasteiger partial charge in [-0.3, -0.25) is 0 Å². The molecule has 0 aromatic rings. The van der Waals surface area contributed by atoms with E-state index in [9.17, 15) is 0 Å². The molecule has 0 spiro atoms. The summed E-state index contributed by atoms with van der Waals surface area (Å²) in [6, 6.07) is 0. The van der Waals surface area contributed by atoms with E-state index in [-0.39, 0.29) is 12.4 Å². The Bertz CT molecular complexity index is 400. The summed E-state index contributed by atoms with van der Waals surface area (Å²) in [6.07, 6.45) is 58.3. The van der Waals surface area contributed by atoms with Crippen LogP contribution in [0, 0.1) is 0 Å². The van der Waals surface area contributed by atoms with Crippen molar-refractivity contribution < 1.29 is 0 Å². The van der Waals surface area contributed by atoms with Crippen LogP contribution in [0.4, 0.5) is 0 Å². The van der Waals surface area contributed by atoms with Crippen molar-refractivity contribution >= 4 is 20.3 Å². The summed E-state index contributed by atoms with van der Waals surface area (Å²) < 4.78 is 0. The molecule has 0 aromatic heterocycles. The standard InChI is InChI=1S/C42H87P.ClH/c1-4-7-10-13-16-19-22-25-28-31-34-37-40-43(41-38-35-32-29-26-23-20-17-14-11-8-5-2)42-39-36-33-30-27-24-21-18-15-12-9-6-3;/h4-42H2,1-3H3;1H. The van der Waals surface area contributed by atoms with Gasteiger partial charge in [0.25, 0.3) is 0 Å². The van der Waals surface area contributed by atoms with Crippen LogP contribution < -0.4 is 0 Å². The third-order valence-corrected chi connectivity index (χ3v) is 12.8. The predicted molar refractivity (Wildman–Crippen MR) is 212 cm³/mol. The summed E-state index contributed by atoms with van der Waals surface area (Å²) >= 11 is 0. The Morgan fingerprint density at radius 2 is 0.341 bits per heavy atom. The second-order valence-electron chi connectivity index (χ2n) is 14.5. The van der Waals surface area contributed by atoms with Crippen molar-refractivity contribution in [1.82, 2.24) is 0 Å². The molecule has 0 bridgehead atoms. The fourth-order valence-corrected chi connectivity index (χ4v) is 9.55. The lowest BCUT2D eigenvalue weighted by Crippen LogP contribution is -1.97. The van der Waals surface area contributed by atoms with E-state index in [1.807, 2.05) is 0 Å². The molecule has 0 radical (unpaired) electrons. The third kappa shape index (κ3) is 40.7. The van der Waals surface area contributed by atoms with Gasteiger partial charge < -0.3 is 0 Å². The van der Waals surface area contributed by atoms with Gasteiger partial charge in [-0.2, -0.15) is 0 Å². The van der Waals surface area contributed by atoms with Gasteiger partial charge in [0.15, 0.2) is 0 Å². The highest BCUT2D eigenvalue weighted by Gasteiger charge is 2.08.